The van der Waals surface area contributed by atoms with Gasteiger partial charge in [0.05, 0.1) is 11.5 Å². The fourth-order valence-electron chi connectivity index (χ4n) is 2.81. The summed E-state index contributed by atoms with van der Waals surface area (Å²) >= 11 is 0. The molecule has 0 aromatic heterocycles. The predicted octanol–water partition coefficient (Wildman–Crippen LogP) is 2.57. The van der Waals surface area contributed by atoms with Crippen LogP contribution in [0.3, 0.4) is 0 Å². The van der Waals surface area contributed by atoms with Crippen molar-refractivity contribution in [3.05, 3.63) is 29.6 Å². The fourth-order valence-corrected chi connectivity index (χ4v) is 4.30. The third-order valence-electron chi connectivity index (χ3n) is 4.30. The van der Waals surface area contributed by atoms with Gasteiger partial charge in [0, 0.05) is 11.6 Å². The van der Waals surface area contributed by atoms with E-state index >= 15 is 0 Å². The van der Waals surface area contributed by atoms with Crippen molar-refractivity contribution in [2.24, 2.45) is 5.41 Å². The molecular weight excluding hydrogens is 293 g/mol. The molecule has 0 aliphatic heterocycles. The van der Waals surface area contributed by atoms with Crippen molar-refractivity contribution < 1.29 is 17.9 Å². The third kappa shape index (κ3) is 3.62. The monoisotopic (exact) mass is 315 g/mol. The Bertz CT molecular complexity index is 613. The zero-order valence-electron chi connectivity index (χ0n) is 12.4. The average molecular weight is 315 g/mol. The highest BCUT2D eigenvalue weighted by atomic mass is 32.2. The Morgan fingerprint density at radius 3 is 2.71 bits per heavy atom. The lowest BCUT2D eigenvalue weighted by Gasteiger charge is -2.38. The Kier molecular flexibility index (Phi) is 4.70. The van der Waals surface area contributed by atoms with Crippen molar-refractivity contribution in [2.45, 2.75) is 57.1 Å². The maximum atomic E-state index is 13.4. The van der Waals surface area contributed by atoms with Gasteiger partial charge in [-0.25, -0.2) is 17.5 Å². The second-order valence-corrected chi connectivity index (χ2v) is 8.03. The molecule has 1 aromatic rings. The van der Waals surface area contributed by atoms with Crippen LogP contribution in [0.1, 0.15) is 45.1 Å². The van der Waals surface area contributed by atoms with Crippen molar-refractivity contribution in [1.82, 2.24) is 4.72 Å². The molecule has 0 heterocycles. The molecule has 1 saturated carbocycles. The maximum absolute atomic E-state index is 13.4. The van der Waals surface area contributed by atoms with Crippen LogP contribution in [0.25, 0.3) is 0 Å². The molecule has 2 rings (SSSR count). The van der Waals surface area contributed by atoms with Crippen LogP contribution in [-0.2, 0) is 16.6 Å². The van der Waals surface area contributed by atoms with E-state index in [1.165, 1.54) is 12.1 Å². The molecule has 0 saturated heterocycles. The molecule has 21 heavy (non-hydrogen) atoms. The first-order chi connectivity index (χ1) is 9.76. The van der Waals surface area contributed by atoms with Gasteiger partial charge >= 0.3 is 0 Å². The number of sulfonamides is 1. The van der Waals surface area contributed by atoms with Gasteiger partial charge in [-0.1, -0.05) is 26.7 Å². The molecule has 1 aromatic carbocycles. The van der Waals surface area contributed by atoms with E-state index in [2.05, 4.69) is 18.6 Å². The summed E-state index contributed by atoms with van der Waals surface area (Å²) in [5.74, 6) is -0.602. The third-order valence-corrected chi connectivity index (χ3v) is 5.77. The predicted molar refractivity (Wildman–Crippen MR) is 78.7 cm³/mol. The summed E-state index contributed by atoms with van der Waals surface area (Å²) in [7, 11) is -3.71. The Morgan fingerprint density at radius 2 is 2.10 bits per heavy atom. The second kappa shape index (κ2) is 6.02. The van der Waals surface area contributed by atoms with Gasteiger partial charge < -0.3 is 5.11 Å². The Hall–Kier alpha value is -0.980. The second-order valence-electron chi connectivity index (χ2n) is 6.32. The lowest BCUT2D eigenvalue weighted by Crippen LogP contribution is -2.46. The van der Waals surface area contributed by atoms with Crippen molar-refractivity contribution >= 4 is 10.0 Å². The average Bonchev–Trinajstić information content (AvgIpc) is 2.41. The van der Waals surface area contributed by atoms with Crippen LogP contribution in [0.2, 0.25) is 0 Å². The first kappa shape index (κ1) is 16.4. The van der Waals surface area contributed by atoms with E-state index in [-0.39, 0.29) is 21.9 Å². The lowest BCUT2D eigenvalue weighted by molar-refractivity contribution is 0.188. The van der Waals surface area contributed by atoms with E-state index in [1.54, 1.807) is 0 Å². The van der Waals surface area contributed by atoms with Gasteiger partial charge in [0.1, 0.15) is 5.82 Å². The minimum atomic E-state index is -3.71. The fraction of sp³-hybridized carbons (Fsp3) is 0.600. The summed E-state index contributed by atoms with van der Waals surface area (Å²) in [5, 5.41) is 9.06. The van der Waals surface area contributed by atoms with E-state index < -0.39 is 22.4 Å². The summed E-state index contributed by atoms with van der Waals surface area (Å²) in [6.07, 6.45) is 3.89. The first-order valence-corrected chi connectivity index (χ1v) is 8.66. The number of hydrogen-bond acceptors (Lipinski definition) is 3. The van der Waals surface area contributed by atoms with Gasteiger partial charge in [0.15, 0.2) is 0 Å². The smallest absolute Gasteiger partial charge is 0.240 e. The number of hydrogen-bond donors (Lipinski definition) is 2. The van der Waals surface area contributed by atoms with E-state index in [1.807, 2.05) is 0 Å². The molecule has 0 spiro atoms. The van der Waals surface area contributed by atoms with Crippen LogP contribution < -0.4 is 4.72 Å². The van der Waals surface area contributed by atoms with Gasteiger partial charge in [-0.05, 0) is 36.5 Å². The molecule has 4 nitrogen and oxygen atoms in total. The van der Waals surface area contributed by atoms with Crippen molar-refractivity contribution in [3.63, 3.8) is 0 Å². The van der Waals surface area contributed by atoms with Gasteiger partial charge in [-0.3, -0.25) is 0 Å². The van der Waals surface area contributed by atoms with E-state index in [0.29, 0.717) is 0 Å². The van der Waals surface area contributed by atoms with Gasteiger partial charge in [0.2, 0.25) is 10.0 Å². The largest absolute Gasteiger partial charge is 0.392 e. The molecule has 0 radical (unpaired) electrons. The number of halogens is 1. The number of rotatable bonds is 4. The van der Waals surface area contributed by atoms with E-state index in [4.69, 9.17) is 5.11 Å². The zero-order chi connectivity index (χ0) is 15.7. The molecule has 0 bridgehead atoms. The molecule has 1 aliphatic carbocycles. The van der Waals surface area contributed by atoms with E-state index in [0.717, 1.165) is 31.7 Å². The van der Waals surface area contributed by atoms with Gasteiger partial charge in [0.25, 0.3) is 0 Å². The molecule has 1 aliphatic rings. The zero-order valence-corrected chi connectivity index (χ0v) is 13.2. The quantitative estimate of drug-likeness (QED) is 0.897. The molecule has 0 amide bonds. The van der Waals surface area contributed by atoms with Crippen LogP contribution in [0.5, 0.6) is 0 Å². The Morgan fingerprint density at radius 1 is 1.38 bits per heavy atom. The maximum Gasteiger partial charge on any atom is 0.240 e. The summed E-state index contributed by atoms with van der Waals surface area (Å²) in [6.45, 7) is 3.59. The summed E-state index contributed by atoms with van der Waals surface area (Å²) < 4.78 is 41.0. The first-order valence-electron chi connectivity index (χ1n) is 7.18. The van der Waals surface area contributed by atoms with Crippen LogP contribution in [0.4, 0.5) is 4.39 Å². The Labute approximate surface area is 125 Å². The highest BCUT2D eigenvalue weighted by molar-refractivity contribution is 7.89. The van der Waals surface area contributed by atoms with Crippen molar-refractivity contribution in [2.75, 3.05) is 0 Å². The van der Waals surface area contributed by atoms with Crippen molar-refractivity contribution in [1.29, 1.82) is 0 Å². The summed E-state index contributed by atoms with van der Waals surface area (Å²) in [4.78, 5) is -0.00526. The van der Waals surface area contributed by atoms with Crippen LogP contribution in [0, 0.1) is 11.2 Å². The minimum absolute atomic E-state index is 0.00526. The number of nitrogens with one attached hydrogen (secondary N) is 1. The topological polar surface area (TPSA) is 66.4 Å². The number of aliphatic hydroxyl groups is 1. The molecule has 6 heteroatoms. The summed E-state index contributed by atoms with van der Waals surface area (Å²) in [5.41, 5.74) is -0.105. The highest BCUT2D eigenvalue weighted by Crippen LogP contribution is 2.36. The van der Waals surface area contributed by atoms with Crippen molar-refractivity contribution in [3.8, 4) is 0 Å². The molecule has 1 fully saturated rings. The van der Waals surface area contributed by atoms with Crippen LogP contribution in [-0.4, -0.2) is 19.6 Å². The minimum Gasteiger partial charge on any atom is -0.392 e. The summed E-state index contributed by atoms with van der Waals surface area (Å²) in [6, 6.07) is 3.37. The standard InChI is InChI=1S/C15H22FNO3S/c1-15(2)8-4-3-5-14(15)17-21(19,20)12-6-7-13(16)11(9-12)10-18/h6-7,9,14,17-18H,3-5,8,10H2,1-2H3. The molecule has 1 atom stereocenters. The van der Waals surface area contributed by atoms with Crippen LogP contribution >= 0.6 is 0 Å². The van der Waals surface area contributed by atoms with Crippen LogP contribution in [0.15, 0.2) is 23.1 Å². The van der Waals surface area contributed by atoms with Gasteiger partial charge in [-0.15, -0.1) is 0 Å². The number of benzene rings is 1. The molecule has 2 N–H and O–H groups in total. The molecule has 1 unspecified atom stereocenters. The van der Waals surface area contributed by atoms with Gasteiger partial charge in [-0.2, -0.15) is 0 Å². The SMILES string of the molecule is CC1(C)CCCCC1NS(=O)(=O)c1ccc(F)c(CO)c1. The number of aliphatic hydroxyl groups excluding tert-OH is 1. The molecular formula is C15H22FNO3S. The van der Waals surface area contributed by atoms with E-state index in [9.17, 15) is 12.8 Å². The Balaban J connectivity index is 2.26. The lowest BCUT2D eigenvalue weighted by atomic mass is 9.74. The highest BCUT2D eigenvalue weighted by Gasteiger charge is 2.35. The molecule has 118 valence electrons. The normalized spacial score (nSPS) is 22.2.